The van der Waals surface area contributed by atoms with Gasteiger partial charge in [0.2, 0.25) is 11.2 Å². The molecule has 0 saturated carbocycles. The Bertz CT molecular complexity index is 1440. The molecule has 0 spiro atoms. The van der Waals surface area contributed by atoms with Gasteiger partial charge in [-0.15, -0.1) is 0 Å². The summed E-state index contributed by atoms with van der Waals surface area (Å²) in [5.41, 5.74) is -1.91. The Hall–Kier alpha value is -3.36. The topological polar surface area (TPSA) is 169 Å². The van der Waals surface area contributed by atoms with E-state index in [1.54, 1.807) is 0 Å². The zero-order valence-corrected chi connectivity index (χ0v) is 22.4. The maximum Gasteiger partial charge on any atom is 0.450 e. The van der Waals surface area contributed by atoms with Gasteiger partial charge in [-0.25, -0.2) is 9.59 Å². The van der Waals surface area contributed by atoms with Gasteiger partial charge in [-0.2, -0.15) is 13.2 Å². The van der Waals surface area contributed by atoms with E-state index in [1.165, 1.54) is 30.3 Å². The third-order valence-corrected chi connectivity index (χ3v) is 6.23. The minimum atomic E-state index is -4.97. The van der Waals surface area contributed by atoms with Gasteiger partial charge in [0.15, 0.2) is 12.2 Å². The third-order valence-electron chi connectivity index (χ3n) is 5.68. The molecule has 0 aliphatic heterocycles. The number of hydrogen-bond donors (Lipinski definition) is 5. The van der Waals surface area contributed by atoms with Gasteiger partial charge >= 0.3 is 18.1 Å². The van der Waals surface area contributed by atoms with Crippen LogP contribution in [0.1, 0.15) is 25.2 Å². The van der Waals surface area contributed by atoms with Gasteiger partial charge in [-0.3, -0.25) is 9.69 Å². The van der Waals surface area contributed by atoms with Crippen LogP contribution in [0.3, 0.4) is 0 Å². The van der Waals surface area contributed by atoms with Gasteiger partial charge in [0.05, 0.1) is 21.5 Å². The lowest BCUT2D eigenvalue weighted by Gasteiger charge is -2.20. The van der Waals surface area contributed by atoms with Crippen LogP contribution < -0.4 is 5.43 Å². The van der Waals surface area contributed by atoms with Crippen LogP contribution in [0.2, 0.25) is 10.0 Å². The summed E-state index contributed by atoms with van der Waals surface area (Å²) in [5.74, 6) is -5.26. The van der Waals surface area contributed by atoms with Crippen molar-refractivity contribution in [2.45, 2.75) is 38.8 Å². The average molecular weight is 610 g/mol. The van der Waals surface area contributed by atoms with Crippen molar-refractivity contribution in [1.82, 2.24) is 4.90 Å². The maximum atomic E-state index is 13.9. The number of phenols is 1. The van der Waals surface area contributed by atoms with E-state index in [9.17, 15) is 32.7 Å². The number of phenolic OH excluding ortho intramolecular Hbond substituents is 1. The first-order chi connectivity index (χ1) is 18.5. The van der Waals surface area contributed by atoms with Gasteiger partial charge < -0.3 is 29.9 Å². The molecule has 1 aromatic heterocycles. The van der Waals surface area contributed by atoms with Crippen LogP contribution in [0.4, 0.5) is 13.2 Å². The molecule has 15 heteroatoms. The molecule has 218 valence electrons. The highest BCUT2D eigenvalue weighted by Crippen LogP contribution is 2.41. The van der Waals surface area contributed by atoms with E-state index in [4.69, 9.17) is 48.0 Å². The lowest BCUT2D eigenvalue weighted by Crippen LogP contribution is -2.39. The summed E-state index contributed by atoms with van der Waals surface area (Å²) >= 11 is 11.9. The van der Waals surface area contributed by atoms with Gasteiger partial charge in [-0.05, 0) is 37.4 Å². The van der Waals surface area contributed by atoms with Crippen LogP contribution in [-0.4, -0.2) is 67.7 Å². The standard InChI is InChI=1S/C21H18Cl2F3NO3.C4H6O6/c1-3-27(4-2)10-14-16(28)8-7-13-18(29)17(12-6-5-11(22)9-15(12)23)20(21(24,25)26)30-19(13)14;5-1(3(7)8)2(6)4(9)10/h5-9,28H,3-4,10H2,1-2H3;1-2,5-6H,(H,7,8)(H,9,10). The van der Waals surface area contributed by atoms with E-state index in [0.717, 1.165) is 0 Å². The highest BCUT2D eigenvalue weighted by molar-refractivity contribution is 6.36. The largest absolute Gasteiger partial charge is 0.507 e. The molecule has 3 aromatic rings. The molecule has 0 radical (unpaired) electrons. The number of aliphatic hydroxyl groups is 2. The fourth-order valence-electron chi connectivity index (χ4n) is 3.53. The van der Waals surface area contributed by atoms with Gasteiger partial charge in [0, 0.05) is 17.1 Å². The Balaban J connectivity index is 0.000000478. The fourth-order valence-corrected chi connectivity index (χ4v) is 4.04. The van der Waals surface area contributed by atoms with Crippen molar-refractivity contribution in [2.24, 2.45) is 0 Å². The van der Waals surface area contributed by atoms with E-state index < -0.39 is 47.1 Å². The number of aliphatic hydroxyl groups excluding tert-OH is 2. The van der Waals surface area contributed by atoms with Crippen molar-refractivity contribution >= 4 is 46.1 Å². The molecule has 0 aliphatic rings. The quantitative estimate of drug-likeness (QED) is 0.249. The van der Waals surface area contributed by atoms with Crippen molar-refractivity contribution in [3.05, 3.63) is 61.9 Å². The molecule has 10 nitrogen and oxygen atoms in total. The number of carboxylic acids is 2. The molecule has 0 fully saturated rings. The van der Waals surface area contributed by atoms with E-state index in [0.29, 0.717) is 13.1 Å². The molecule has 2 atom stereocenters. The summed E-state index contributed by atoms with van der Waals surface area (Å²) in [6.07, 6.45) is -9.50. The number of carboxylic acid groups (broad SMARTS) is 2. The van der Waals surface area contributed by atoms with E-state index in [2.05, 4.69) is 0 Å². The van der Waals surface area contributed by atoms with Crippen molar-refractivity contribution in [3.8, 4) is 16.9 Å². The summed E-state index contributed by atoms with van der Waals surface area (Å²) in [4.78, 5) is 34.6. The Morgan fingerprint density at radius 2 is 1.55 bits per heavy atom. The summed E-state index contributed by atoms with van der Waals surface area (Å²) in [6.45, 7) is 5.08. The van der Waals surface area contributed by atoms with Crippen LogP contribution in [0.5, 0.6) is 5.75 Å². The van der Waals surface area contributed by atoms with Crippen molar-refractivity contribution in [2.75, 3.05) is 13.1 Å². The lowest BCUT2D eigenvalue weighted by atomic mass is 10.00. The number of nitrogens with zero attached hydrogens (tertiary/aromatic N) is 1. The van der Waals surface area contributed by atoms with Crippen molar-refractivity contribution in [1.29, 1.82) is 0 Å². The minimum absolute atomic E-state index is 0.0797. The first-order valence-electron chi connectivity index (χ1n) is 11.4. The van der Waals surface area contributed by atoms with Gasteiger partial charge in [0.25, 0.3) is 0 Å². The molecule has 2 aromatic carbocycles. The van der Waals surface area contributed by atoms with E-state index in [1.807, 2.05) is 18.7 Å². The second kappa shape index (κ2) is 13.3. The maximum absolute atomic E-state index is 13.9. The SMILES string of the molecule is CCN(CC)Cc1c(O)ccc2c(=O)c(-c3ccc(Cl)cc3Cl)c(C(F)(F)F)oc12.O=C(O)C(O)C(O)C(=O)O. The number of halogens is 5. The highest BCUT2D eigenvalue weighted by atomic mass is 35.5. The Morgan fingerprint density at radius 3 is 2.00 bits per heavy atom. The summed E-state index contributed by atoms with van der Waals surface area (Å²) in [5, 5.41) is 42.8. The molecular weight excluding hydrogens is 586 g/mol. The van der Waals surface area contributed by atoms with E-state index >= 15 is 0 Å². The normalized spacial score (nSPS) is 13.1. The Morgan fingerprint density at radius 1 is 1.00 bits per heavy atom. The number of benzene rings is 2. The number of carbonyl (C=O) groups is 2. The van der Waals surface area contributed by atoms with Gasteiger partial charge in [0.1, 0.15) is 11.3 Å². The second-order valence-corrected chi connectivity index (χ2v) is 9.07. The molecular formula is C25H24Cl2F3NO9. The zero-order chi connectivity index (χ0) is 30.5. The monoisotopic (exact) mass is 609 g/mol. The van der Waals surface area contributed by atoms with Crippen LogP contribution in [0, 0.1) is 0 Å². The smallest absolute Gasteiger partial charge is 0.450 e. The molecule has 3 rings (SSSR count). The minimum Gasteiger partial charge on any atom is -0.507 e. The molecule has 0 saturated heterocycles. The Labute approximate surface area is 234 Å². The summed E-state index contributed by atoms with van der Waals surface area (Å²) in [6, 6.07) is 6.36. The zero-order valence-electron chi connectivity index (χ0n) is 20.9. The van der Waals surface area contributed by atoms with Crippen LogP contribution >= 0.6 is 23.2 Å². The number of aromatic hydroxyl groups is 1. The number of alkyl halides is 3. The van der Waals surface area contributed by atoms with Crippen LogP contribution in [-0.2, 0) is 22.3 Å². The van der Waals surface area contributed by atoms with Gasteiger partial charge in [-0.1, -0.05) is 43.1 Å². The first kappa shape index (κ1) is 32.8. The summed E-state index contributed by atoms with van der Waals surface area (Å²) in [7, 11) is 0. The van der Waals surface area contributed by atoms with E-state index in [-0.39, 0.29) is 44.4 Å². The predicted molar refractivity (Wildman–Crippen MR) is 139 cm³/mol. The number of rotatable bonds is 8. The average Bonchev–Trinajstić information content (AvgIpc) is 2.87. The number of hydrogen-bond acceptors (Lipinski definition) is 8. The highest BCUT2D eigenvalue weighted by Gasteiger charge is 2.40. The number of aliphatic carboxylic acids is 2. The first-order valence-corrected chi connectivity index (χ1v) is 12.2. The molecule has 40 heavy (non-hydrogen) atoms. The molecule has 2 unspecified atom stereocenters. The molecule has 1 heterocycles. The van der Waals surface area contributed by atoms with Crippen LogP contribution in [0.15, 0.2) is 39.5 Å². The number of fused-ring (bicyclic) bond motifs is 1. The van der Waals surface area contributed by atoms with Crippen LogP contribution in [0.25, 0.3) is 22.1 Å². The van der Waals surface area contributed by atoms with Crippen molar-refractivity contribution < 1.29 is 52.7 Å². The third kappa shape index (κ3) is 7.43. The molecule has 0 bridgehead atoms. The second-order valence-electron chi connectivity index (χ2n) is 8.22. The predicted octanol–water partition coefficient (Wildman–Crippen LogP) is 4.21. The molecule has 0 aliphatic carbocycles. The summed E-state index contributed by atoms with van der Waals surface area (Å²) < 4.78 is 47.0. The molecule has 0 amide bonds. The molecule has 5 N–H and O–H groups in total. The van der Waals surface area contributed by atoms with Crippen molar-refractivity contribution in [3.63, 3.8) is 0 Å². The lowest BCUT2D eigenvalue weighted by molar-refractivity contribution is -0.165. The fraction of sp³-hybridized carbons (Fsp3) is 0.320. The Kier molecular flexibility index (Phi) is 10.9.